The molecule has 3 heterocycles. The Bertz CT molecular complexity index is 991. The minimum absolute atomic E-state index is 0.138. The minimum Gasteiger partial charge on any atom is -0.454 e. The first kappa shape index (κ1) is 17.5. The standard InChI is InChI=1S/C20H18ClN3O4/c21-14-4-1-12(2-5-14)9-24-10-15(25)8-16(24)20-22-19(23-28-20)13-3-6-17-18(7-13)27-11-26-17/h1-7,15-16,25H,8-11H2/t15-,16+/m1/s1. The van der Waals surface area contributed by atoms with Gasteiger partial charge in [-0.15, -0.1) is 0 Å². The molecule has 2 aliphatic heterocycles. The highest BCUT2D eigenvalue weighted by molar-refractivity contribution is 6.30. The van der Waals surface area contributed by atoms with Gasteiger partial charge in [-0.25, -0.2) is 0 Å². The Balaban J connectivity index is 1.38. The van der Waals surface area contributed by atoms with Crippen LogP contribution in [0.2, 0.25) is 5.02 Å². The second-order valence-electron chi connectivity index (χ2n) is 6.99. The van der Waals surface area contributed by atoms with E-state index in [9.17, 15) is 5.11 Å². The van der Waals surface area contributed by atoms with Crippen molar-refractivity contribution in [2.75, 3.05) is 13.3 Å². The normalized spacial score (nSPS) is 21.4. The Morgan fingerprint density at radius 3 is 2.79 bits per heavy atom. The molecule has 2 aromatic carbocycles. The molecule has 0 bridgehead atoms. The lowest BCUT2D eigenvalue weighted by Gasteiger charge is -2.21. The summed E-state index contributed by atoms with van der Waals surface area (Å²) in [6.45, 7) is 1.44. The van der Waals surface area contributed by atoms with E-state index in [0.717, 1.165) is 11.1 Å². The van der Waals surface area contributed by atoms with Gasteiger partial charge in [0, 0.05) is 23.7 Å². The second kappa shape index (κ2) is 7.09. The van der Waals surface area contributed by atoms with Gasteiger partial charge in [0.15, 0.2) is 11.5 Å². The van der Waals surface area contributed by atoms with Gasteiger partial charge in [-0.3, -0.25) is 4.90 Å². The van der Waals surface area contributed by atoms with E-state index in [1.54, 1.807) is 0 Å². The maximum absolute atomic E-state index is 10.2. The molecule has 1 N–H and O–H groups in total. The van der Waals surface area contributed by atoms with Gasteiger partial charge in [-0.2, -0.15) is 4.98 Å². The van der Waals surface area contributed by atoms with E-state index in [2.05, 4.69) is 15.0 Å². The number of halogens is 1. The fraction of sp³-hybridized carbons (Fsp3) is 0.300. The first-order valence-corrected chi connectivity index (χ1v) is 9.44. The molecular formula is C20H18ClN3O4. The van der Waals surface area contributed by atoms with Crippen LogP contribution >= 0.6 is 11.6 Å². The van der Waals surface area contributed by atoms with E-state index >= 15 is 0 Å². The fourth-order valence-electron chi connectivity index (χ4n) is 3.66. The third-order valence-electron chi connectivity index (χ3n) is 5.04. The van der Waals surface area contributed by atoms with E-state index in [1.165, 1.54) is 0 Å². The molecule has 8 heteroatoms. The van der Waals surface area contributed by atoms with Crippen LogP contribution in [0.4, 0.5) is 0 Å². The summed E-state index contributed by atoms with van der Waals surface area (Å²) in [6, 6.07) is 13.1. The van der Waals surface area contributed by atoms with Crippen LogP contribution in [0.3, 0.4) is 0 Å². The van der Waals surface area contributed by atoms with Gasteiger partial charge in [0.1, 0.15) is 0 Å². The smallest absolute Gasteiger partial charge is 0.244 e. The highest BCUT2D eigenvalue weighted by Crippen LogP contribution is 2.37. The van der Waals surface area contributed by atoms with Crippen molar-refractivity contribution in [2.24, 2.45) is 0 Å². The predicted molar refractivity (Wildman–Crippen MR) is 101 cm³/mol. The molecule has 1 saturated heterocycles. The van der Waals surface area contributed by atoms with Crippen molar-refractivity contribution < 1.29 is 19.1 Å². The van der Waals surface area contributed by atoms with Crippen LogP contribution in [0.25, 0.3) is 11.4 Å². The maximum atomic E-state index is 10.2. The average Bonchev–Trinajstić information content (AvgIpc) is 3.42. The van der Waals surface area contributed by atoms with Crippen LogP contribution in [0.1, 0.15) is 23.9 Å². The van der Waals surface area contributed by atoms with Crippen LogP contribution < -0.4 is 9.47 Å². The molecule has 0 radical (unpaired) electrons. The van der Waals surface area contributed by atoms with Gasteiger partial charge in [-0.05, 0) is 42.3 Å². The minimum atomic E-state index is -0.432. The summed E-state index contributed by atoms with van der Waals surface area (Å²) in [4.78, 5) is 6.72. The van der Waals surface area contributed by atoms with Gasteiger partial charge in [-0.1, -0.05) is 28.9 Å². The molecule has 144 valence electrons. The Morgan fingerprint density at radius 1 is 1.11 bits per heavy atom. The number of likely N-dealkylation sites (tertiary alicyclic amines) is 1. The molecule has 7 nitrogen and oxygen atoms in total. The van der Waals surface area contributed by atoms with Gasteiger partial charge >= 0.3 is 0 Å². The number of rotatable bonds is 4. The van der Waals surface area contributed by atoms with Crippen molar-refractivity contribution in [3.05, 3.63) is 58.9 Å². The van der Waals surface area contributed by atoms with Crippen molar-refractivity contribution in [3.63, 3.8) is 0 Å². The molecule has 0 amide bonds. The fourth-order valence-corrected chi connectivity index (χ4v) is 3.78. The zero-order valence-electron chi connectivity index (χ0n) is 14.9. The molecule has 0 spiro atoms. The molecule has 5 rings (SSSR count). The van der Waals surface area contributed by atoms with Crippen LogP contribution in [0.15, 0.2) is 47.0 Å². The molecule has 1 aromatic heterocycles. The number of benzene rings is 2. The summed E-state index contributed by atoms with van der Waals surface area (Å²) in [5.74, 6) is 2.37. The molecule has 28 heavy (non-hydrogen) atoms. The largest absolute Gasteiger partial charge is 0.454 e. The van der Waals surface area contributed by atoms with Crippen LogP contribution in [0.5, 0.6) is 11.5 Å². The van der Waals surface area contributed by atoms with Gasteiger partial charge in [0.05, 0.1) is 12.1 Å². The predicted octanol–water partition coefficient (Wildman–Crippen LogP) is 3.43. The first-order chi connectivity index (χ1) is 13.7. The monoisotopic (exact) mass is 399 g/mol. The number of ether oxygens (including phenoxy) is 2. The van der Waals surface area contributed by atoms with E-state index in [0.29, 0.717) is 47.7 Å². The summed E-state index contributed by atoms with van der Waals surface area (Å²) in [6.07, 6.45) is 0.120. The van der Waals surface area contributed by atoms with E-state index in [-0.39, 0.29) is 12.8 Å². The highest BCUT2D eigenvalue weighted by Gasteiger charge is 2.36. The lowest BCUT2D eigenvalue weighted by molar-refractivity contribution is 0.169. The number of aliphatic hydroxyl groups excluding tert-OH is 1. The zero-order chi connectivity index (χ0) is 19.1. The van der Waals surface area contributed by atoms with E-state index < -0.39 is 6.10 Å². The van der Waals surface area contributed by atoms with Crippen LogP contribution in [-0.2, 0) is 6.54 Å². The number of nitrogens with zero attached hydrogens (tertiary/aromatic N) is 3. The number of aliphatic hydroxyl groups is 1. The highest BCUT2D eigenvalue weighted by atomic mass is 35.5. The number of β-amino-alcohol motifs (C(OH)–C–C–N with tert-alkyl or cyclic N) is 1. The average molecular weight is 400 g/mol. The van der Waals surface area contributed by atoms with Gasteiger partial charge < -0.3 is 19.1 Å². The molecule has 0 saturated carbocycles. The van der Waals surface area contributed by atoms with Crippen molar-refractivity contribution in [1.29, 1.82) is 0 Å². The summed E-state index contributed by atoms with van der Waals surface area (Å²) in [5, 5.41) is 15.0. The quantitative estimate of drug-likeness (QED) is 0.719. The first-order valence-electron chi connectivity index (χ1n) is 9.06. The zero-order valence-corrected chi connectivity index (χ0v) is 15.7. The molecule has 0 aliphatic carbocycles. The number of hydrogen-bond donors (Lipinski definition) is 1. The molecule has 0 unspecified atom stereocenters. The number of aromatic nitrogens is 2. The Morgan fingerprint density at radius 2 is 1.93 bits per heavy atom. The Kier molecular flexibility index (Phi) is 4.43. The summed E-state index contributed by atoms with van der Waals surface area (Å²) < 4.78 is 16.3. The van der Waals surface area contributed by atoms with Gasteiger partial charge in [0.2, 0.25) is 18.5 Å². The van der Waals surface area contributed by atoms with Crippen molar-refractivity contribution in [1.82, 2.24) is 15.0 Å². The summed E-state index contributed by atoms with van der Waals surface area (Å²) >= 11 is 5.97. The molecule has 1 fully saturated rings. The Hall–Kier alpha value is -2.61. The molecule has 3 aromatic rings. The molecular weight excluding hydrogens is 382 g/mol. The topological polar surface area (TPSA) is 80.9 Å². The second-order valence-corrected chi connectivity index (χ2v) is 7.42. The lowest BCUT2D eigenvalue weighted by atomic mass is 10.1. The third-order valence-corrected chi connectivity index (χ3v) is 5.29. The lowest BCUT2D eigenvalue weighted by Crippen LogP contribution is -2.24. The maximum Gasteiger partial charge on any atom is 0.244 e. The molecule has 2 atom stereocenters. The summed E-state index contributed by atoms with van der Waals surface area (Å²) in [7, 11) is 0. The SMILES string of the molecule is O[C@@H]1C[C@@H](c2nc(-c3ccc4c(c3)OCO4)no2)N(Cc2ccc(Cl)cc2)C1. The van der Waals surface area contributed by atoms with Gasteiger partial charge in [0.25, 0.3) is 0 Å². The van der Waals surface area contributed by atoms with E-state index in [1.807, 2.05) is 42.5 Å². The van der Waals surface area contributed by atoms with Crippen molar-refractivity contribution >= 4 is 11.6 Å². The van der Waals surface area contributed by atoms with Crippen LogP contribution in [0, 0.1) is 0 Å². The number of hydrogen-bond acceptors (Lipinski definition) is 7. The Labute approximate surface area is 166 Å². The third kappa shape index (κ3) is 3.32. The molecule has 2 aliphatic rings. The van der Waals surface area contributed by atoms with Crippen molar-refractivity contribution in [3.8, 4) is 22.9 Å². The number of fused-ring (bicyclic) bond motifs is 1. The van der Waals surface area contributed by atoms with E-state index in [4.69, 9.17) is 25.6 Å². The van der Waals surface area contributed by atoms with Crippen LogP contribution in [-0.4, -0.2) is 39.6 Å². The summed E-state index contributed by atoms with van der Waals surface area (Å²) in [5.41, 5.74) is 1.90. The van der Waals surface area contributed by atoms with Crippen molar-refractivity contribution in [2.45, 2.75) is 25.1 Å².